The van der Waals surface area contributed by atoms with Crippen LogP contribution in [0.25, 0.3) is 0 Å². The highest BCUT2D eigenvalue weighted by atomic mass is 19.4. The molecule has 0 saturated carbocycles. The number of likely N-dealkylation sites (N-methyl/N-ethyl adjacent to an activating group) is 1. The van der Waals surface area contributed by atoms with Crippen LogP contribution in [0.3, 0.4) is 0 Å². The van der Waals surface area contributed by atoms with Gasteiger partial charge in [0.1, 0.15) is 6.54 Å². The maximum Gasteiger partial charge on any atom is 0.460 e. The molecule has 1 amide bonds. The first-order chi connectivity index (χ1) is 10.0. The number of alkyl halides is 7. The number of amides is 1. The molecule has 0 heterocycles. The second-order valence-corrected chi connectivity index (χ2v) is 5.45. The Balaban J connectivity index is 4.59. The highest BCUT2D eigenvalue weighted by Gasteiger charge is 2.76. The molecule has 0 aliphatic carbocycles. The van der Waals surface area contributed by atoms with Gasteiger partial charge in [-0.3, -0.25) is 4.79 Å². The van der Waals surface area contributed by atoms with Crippen LogP contribution in [0.2, 0.25) is 0 Å². The molecule has 0 aromatic heterocycles. The van der Waals surface area contributed by atoms with Crippen LogP contribution in [-0.4, -0.2) is 68.1 Å². The second kappa shape index (κ2) is 6.89. The van der Waals surface area contributed by atoms with Gasteiger partial charge in [-0.05, 0) is 0 Å². The summed E-state index contributed by atoms with van der Waals surface area (Å²) >= 11 is 0. The molecule has 0 fully saturated rings. The summed E-state index contributed by atoms with van der Waals surface area (Å²) < 4.78 is 86.6. The average Bonchev–Trinajstić information content (AvgIpc) is 2.30. The number of quaternary nitrogens is 1. The van der Waals surface area contributed by atoms with E-state index in [4.69, 9.17) is 0 Å². The molecular weight excluding hydrogens is 341 g/mol. The molecule has 0 saturated heterocycles. The van der Waals surface area contributed by atoms with Crippen molar-refractivity contribution < 1.29 is 49.9 Å². The quantitative estimate of drug-likeness (QED) is 0.383. The molecule has 1 N–H and O–H groups in total. The van der Waals surface area contributed by atoms with Gasteiger partial charge >= 0.3 is 18.0 Å². The molecule has 5 nitrogen and oxygen atoms in total. The first-order valence-electron chi connectivity index (χ1n) is 6.17. The number of nitrogens with zero attached hydrogens (tertiary/aromatic N) is 1. The molecular formula is C11H15F7N2O3. The largest absolute Gasteiger partial charge is 0.544 e. The number of halogens is 7. The van der Waals surface area contributed by atoms with Crippen molar-refractivity contribution in [1.29, 1.82) is 0 Å². The number of rotatable bonds is 8. The van der Waals surface area contributed by atoms with Gasteiger partial charge < -0.3 is 19.7 Å². The summed E-state index contributed by atoms with van der Waals surface area (Å²) in [5, 5.41) is 11.7. The lowest BCUT2D eigenvalue weighted by atomic mass is 10.1. The lowest BCUT2D eigenvalue weighted by molar-refractivity contribution is -0.884. The molecule has 12 heteroatoms. The number of hydrogen-bond acceptors (Lipinski definition) is 3. The van der Waals surface area contributed by atoms with Crippen LogP contribution in [0.1, 0.15) is 6.42 Å². The Morgan fingerprint density at radius 1 is 1.04 bits per heavy atom. The van der Waals surface area contributed by atoms with Crippen molar-refractivity contribution in [2.24, 2.45) is 0 Å². The molecule has 0 radical (unpaired) electrons. The number of carboxylic acid groups (broad SMARTS) is 1. The van der Waals surface area contributed by atoms with Crippen molar-refractivity contribution in [3.8, 4) is 0 Å². The SMILES string of the molecule is C[N+](C)(CCCNC(=O)C(F)(F)C(F)(F)C(F)(F)F)CC(=O)[O-]. The minimum atomic E-state index is -6.58. The Labute approximate surface area is 126 Å². The fourth-order valence-corrected chi connectivity index (χ4v) is 1.57. The number of carbonyl (C=O) groups excluding carboxylic acids is 2. The van der Waals surface area contributed by atoms with Gasteiger partial charge in [-0.25, -0.2) is 0 Å². The lowest BCUT2D eigenvalue weighted by Gasteiger charge is -2.30. The fraction of sp³-hybridized carbons (Fsp3) is 0.818. The molecule has 0 spiro atoms. The maximum atomic E-state index is 13.0. The molecule has 0 bridgehead atoms. The third-order valence-corrected chi connectivity index (χ3v) is 2.82. The number of aliphatic carboxylic acids is 1. The highest BCUT2D eigenvalue weighted by molar-refractivity contribution is 5.84. The predicted octanol–water partition coefficient (Wildman–Crippen LogP) is 0.152. The van der Waals surface area contributed by atoms with Crippen LogP contribution in [-0.2, 0) is 9.59 Å². The van der Waals surface area contributed by atoms with E-state index in [9.17, 15) is 45.4 Å². The first kappa shape index (κ1) is 21.4. The van der Waals surface area contributed by atoms with E-state index in [2.05, 4.69) is 0 Å². The number of carbonyl (C=O) groups is 2. The van der Waals surface area contributed by atoms with E-state index in [0.29, 0.717) is 0 Å². The van der Waals surface area contributed by atoms with Crippen LogP contribution >= 0.6 is 0 Å². The van der Waals surface area contributed by atoms with Crippen molar-refractivity contribution in [2.75, 3.05) is 33.7 Å². The Bertz CT molecular complexity index is 449. The topological polar surface area (TPSA) is 69.2 Å². The van der Waals surface area contributed by atoms with Crippen LogP contribution < -0.4 is 10.4 Å². The third-order valence-electron chi connectivity index (χ3n) is 2.82. The van der Waals surface area contributed by atoms with E-state index in [0.717, 1.165) is 0 Å². The Kier molecular flexibility index (Phi) is 6.41. The summed E-state index contributed by atoms with van der Waals surface area (Å²) in [6, 6.07) is 0. The standard InChI is InChI=1S/C11H15F7N2O3/c1-20(2,6-7(21)22)5-3-4-19-8(23)9(12,13)10(14,15)11(16,17)18/h3-6H2,1-2H3,(H-,19,21,22,23). The normalized spacial score (nSPS) is 13.8. The van der Waals surface area contributed by atoms with Gasteiger partial charge in [-0.15, -0.1) is 0 Å². The molecule has 136 valence electrons. The van der Waals surface area contributed by atoms with Gasteiger partial charge in [0.05, 0.1) is 26.6 Å². The van der Waals surface area contributed by atoms with E-state index in [1.165, 1.54) is 19.4 Å². The van der Waals surface area contributed by atoms with Gasteiger partial charge in [0.15, 0.2) is 0 Å². The van der Waals surface area contributed by atoms with E-state index < -0.39 is 43.0 Å². The number of hydrogen-bond donors (Lipinski definition) is 1. The highest BCUT2D eigenvalue weighted by Crippen LogP contribution is 2.46. The summed E-state index contributed by atoms with van der Waals surface area (Å²) in [6.45, 7) is -1.04. The average molecular weight is 356 g/mol. The van der Waals surface area contributed by atoms with E-state index >= 15 is 0 Å². The van der Waals surface area contributed by atoms with Crippen LogP contribution in [0, 0.1) is 0 Å². The van der Waals surface area contributed by atoms with Crippen molar-refractivity contribution >= 4 is 11.9 Å². The van der Waals surface area contributed by atoms with Crippen LogP contribution in [0.4, 0.5) is 30.7 Å². The van der Waals surface area contributed by atoms with Gasteiger partial charge in [-0.2, -0.15) is 30.7 Å². The number of carboxylic acids is 1. The van der Waals surface area contributed by atoms with Gasteiger partial charge in [-0.1, -0.05) is 0 Å². The van der Waals surface area contributed by atoms with E-state index in [-0.39, 0.29) is 17.4 Å². The molecule has 23 heavy (non-hydrogen) atoms. The minimum Gasteiger partial charge on any atom is -0.544 e. The maximum absolute atomic E-state index is 13.0. The molecule has 0 aliphatic rings. The summed E-state index contributed by atoms with van der Waals surface area (Å²) in [5.41, 5.74) is 0. The first-order valence-corrected chi connectivity index (χ1v) is 6.17. The van der Waals surface area contributed by atoms with E-state index in [1.54, 1.807) is 0 Å². The van der Waals surface area contributed by atoms with Crippen molar-refractivity contribution in [3.05, 3.63) is 0 Å². The van der Waals surface area contributed by atoms with Crippen LogP contribution in [0.5, 0.6) is 0 Å². The molecule has 0 aromatic carbocycles. The zero-order valence-corrected chi connectivity index (χ0v) is 12.1. The van der Waals surface area contributed by atoms with Gasteiger partial charge in [0.25, 0.3) is 5.91 Å². The summed E-state index contributed by atoms with van der Waals surface area (Å²) in [7, 11) is 2.87. The van der Waals surface area contributed by atoms with Gasteiger partial charge in [0.2, 0.25) is 0 Å². The third kappa shape index (κ3) is 5.52. The van der Waals surface area contributed by atoms with Crippen molar-refractivity contribution in [1.82, 2.24) is 5.32 Å². The summed E-state index contributed by atoms with van der Waals surface area (Å²) in [5.74, 6) is -16.6. The number of nitrogens with one attached hydrogen (secondary N) is 1. The Hall–Kier alpha value is -1.59. The molecule has 0 atom stereocenters. The lowest BCUT2D eigenvalue weighted by Crippen LogP contribution is -2.59. The smallest absolute Gasteiger partial charge is 0.460 e. The summed E-state index contributed by atoms with van der Waals surface area (Å²) in [6.07, 6.45) is -6.71. The molecule has 0 unspecified atom stereocenters. The molecule has 0 aromatic rings. The zero-order valence-electron chi connectivity index (χ0n) is 12.1. The summed E-state index contributed by atoms with van der Waals surface area (Å²) in [4.78, 5) is 21.3. The monoisotopic (exact) mass is 356 g/mol. The molecule has 0 aliphatic heterocycles. The molecule has 0 rings (SSSR count). The predicted molar refractivity (Wildman–Crippen MR) is 60.4 cm³/mol. The Morgan fingerprint density at radius 2 is 1.52 bits per heavy atom. The van der Waals surface area contributed by atoms with Crippen molar-refractivity contribution in [2.45, 2.75) is 24.4 Å². The zero-order chi connectivity index (χ0) is 18.7. The van der Waals surface area contributed by atoms with Crippen molar-refractivity contribution in [3.63, 3.8) is 0 Å². The minimum absolute atomic E-state index is 0.0233. The van der Waals surface area contributed by atoms with Gasteiger partial charge in [0, 0.05) is 13.0 Å². The Morgan fingerprint density at radius 3 is 1.91 bits per heavy atom. The fourth-order valence-electron chi connectivity index (χ4n) is 1.57. The second-order valence-electron chi connectivity index (χ2n) is 5.45. The van der Waals surface area contributed by atoms with E-state index in [1.807, 2.05) is 0 Å². The van der Waals surface area contributed by atoms with Crippen LogP contribution in [0.15, 0.2) is 0 Å².